The summed E-state index contributed by atoms with van der Waals surface area (Å²) >= 11 is 0. The van der Waals surface area contributed by atoms with Gasteiger partial charge >= 0.3 is 6.09 Å². The normalized spacial score (nSPS) is 13.0. The van der Waals surface area contributed by atoms with E-state index in [9.17, 15) is 4.79 Å². The van der Waals surface area contributed by atoms with E-state index >= 15 is 0 Å². The number of carbonyl (C=O) groups excluding carboxylic acids is 1. The monoisotopic (exact) mass is 295 g/mol. The maximum Gasteiger partial charge on any atom is 0.410 e. The summed E-state index contributed by atoms with van der Waals surface area (Å²) in [5, 5.41) is 3.42. The van der Waals surface area contributed by atoms with Gasteiger partial charge in [-0.25, -0.2) is 4.79 Å². The Morgan fingerprint density at radius 1 is 1.48 bits per heavy atom. The van der Waals surface area contributed by atoms with Crippen molar-refractivity contribution in [1.82, 2.24) is 14.8 Å². The number of nitrogens with zero attached hydrogens (tertiary/aromatic N) is 2. The van der Waals surface area contributed by atoms with E-state index in [0.717, 1.165) is 13.1 Å². The molecule has 0 bridgehead atoms. The highest BCUT2D eigenvalue weighted by atomic mass is 16.6. The van der Waals surface area contributed by atoms with E-state index in [1.54, 1.807) is 11.9 Å². The summed E-state index contributed by atoms with van der Waals surface area (Å²) in [6, 6.07) is 2.10. The van der Waals surface area contributed by atoms with E-state index < -0.39 is 5.60 Å². The lowest BCUT2D eigenvalue weighted by Gasteiger charge is -2.26. The number of hydrogen-bond donors (Lipinski definition) is 1. The molecule has 0 aliphatic rings. The van der Waals surface area contributed by atoms with Gasteiger partial charge in [0.05, 0.1) is 0 Å². The fourth-order valence-electron chi connectivity index (χ4n) is 2.07. The van der Waals surface area contributed by atoms with Crippen LogP contribution in [0.4, 0.5) is 4.79 Å². The lowest BCUT2D eigenvalue weighted by atomic mass is 10.1. The Kier molecular flexibility index (Phi) is 6.27. The zero-order valence-corrected chi connectivity index (χ0v) is 14.1. The maximum atomic E-state index is 11.9. The highest BCUT2D eigenvalue weighted by Gasteiger charge is 2.20. The Hall–Kier alpha value is -1.49. The van der Waals surface area contributed by atoms with E-state index in [4.69, 9.17) is 4.74 Å². The molecular formula is C16H29N3O2. The highest BCUT2D eigenvalue weighted by molar-refractivity contribution is 5.67. The third-order valence-corrected chi connectivity index (χ3v) is 3.01. The molecule has 1 amide bonds. The third kappa shape index (κ3) is 7.18. The van der Waals surface area contributed by atoms with Crippen LogP contribution in [0.15, 0.2) is 18.5 Å². The molecule has 21 heavy (non-hydrogen) atoms. The zero-order valence-electron chi connectivity index (χ0n) is 14.1. The topological polar surface area (TPSA) is 46.5 Å². The van der Waals surface area contributed by atoms with Gasteiger partial charge in [-0.15, -0.1) is 0 Å². The van der Waals surface area contributed by atoms with Crippen LogP contribution in [0.3, 0.4) is 0 Å². The van der Waals surface area contributed by atoms with Gasteiger partial charge in [0.25, 0.3) is 0 Å². The van der Waals surface area contributed by atoms with Gasteiger partial charge in [-0.3, -0.25) is 0 Å². The molecule has 5 heteroatoms. The van der Waals surface area contributed by atoms with Gasteiger partial charge in [-0.2, -0.15) is 0 Å². The highest BCUT2D eigenvalue weighted by Crippen LogP contribution is 2.10. The first-order valence-electron chi connectivity index (χ1n) is 7.43. The summed E-state index contributed by atoms with van der Waals surface area (Å²) in [4.78, 5) is 13.5. The third-order valence-electron chi connectivity index (χ3n) is 3.01. The van der Waals surface area contributed by atoms with Crippen molar-refractivity contribution in [3.05, 3.63) is 24.0 Å². The molecule has 1 unspecified atom stereocenters. The second kappa shape index (κ2) is 7.50. The van der Waals surface area contributed by atoms with Crippen LogP contribution in [-0.2, 0) is 18.3 Å². The van der Waals surface area contributed by atoms with Crippen LogP contribution in [0.5, 0.6) is 0 Å². The van der Waals surface area contributed by atoms with Crippen molar-refractivity contribution in [3.8, 4) is 0 Å². The molecule has 5 nitrogen and oxygen atoms in total. The molecule has 0 aliphatic heterocycles. The Bertz CT molecular complexity index is 449. The van der Waals surface area contributed by atoms with E-state index in [1.807, 2.05) is 38.6 Å². The molecular weight excluding hydrogens is 266 g/mol. The molecule has 0 radical (unpaired) electrons. The summed E-state index contributed by atoms with van der Waals surface area (Å²) < 4.78 is 7.38. The molecule has 1 N–H and O–H groups in total. The second-order valence-electron chi connectivity index (χ2n) is 6.78. The SMILES string of the molecule is CC(CNCc1ccn(C)c1)CN(C)C(=O)OC(C)(C)C. The molecule has 1 atom stereocenters. The molecule has 0 saturated heterocycles. The van der Waals surface area contributed by atoms with Crippen LogP contribution in [0.2, 0.25) is 0 Å². The molecule has 1 aromatic rings. The Balaban J connectivity index is 2.26. The Morgan fingerprint density at radius 3 is 2.67 bits per heavy atom. The number of ether oxygens (including phenoxy) is 1. The standard InChI is InChI=1S/C16H29N3O2/c1-13(9-17-10-14-7-8-18(5)12-14)11-19(6)15(20)21-16(2,3)4/h7-8,12-13,17H,9-11H2,1-6H3. The molecule has 1 rings (SSSR count). The van der Waals surface area contributed by atoms with E-state index in [0.29, 0.717) is 12.5 Å². The van der Waals surface area contributed by atoms with Crippen molar-refractivity contribution in [1.29, 1.82) is 0 Å². The molecule has 0 spiro atoms. The van der Waals surface area contributed by atoms with Crippen molar-refractivity contribution in [2.75, 3.05) is 20.1 Å². The minimum Gasteiger partial charge on any atom is -0.444 e. The van der Waals surface area contributed by atoms with E-state index in [1.165, 1.54) is 5.56 Å². The second-order valence-corrected chi connectivity index (χ2v) is 6.78. The van der Waals surface area contributed by atoms with E-state index in [2.05, 4.69) is 24.5 Å². The summed E-state index contributed by atoms with van der Waals surface area (Å²) in [5.41, 5.74) is 0.824. The summed E-state index contributed by atoms with van der Waals surface area (Å²) in [7, 11) is 3.80. The van der Waals surface area contributed by atoms with Crippen molar-refractivity contribution in [2.24, 2.45) is 13.0 Å². The number of carbonyl (C=O) groups is 1. The van der Waals surface area contributed by atoms with Gasteiger partial charge in [0.1, 0.15) is 5.60 Å². The fourth-order valence-corrected chi connectivity index (χ4v) is 2.07. The zero-order chi connectivity index (χ0) is 16.0. The van der Waals surface area contributed by atoms with Gasteiger partial charge < -0.3 is 19.5 Å². The Labute approximate surface area is 128 Å². The van der Waals surface area contributed by atoms with Crippen molar-refractivity contribution in [3.63, 3.8) is 0 Å². The molecule has 0 fully saturated rings. The van der Waals surface area contributed by atoms with Crippen LogP contribution in [0.25, 0.3) is 0 Å². The van der Waals surface area contributed by atoms with Gasteiger partial charge in [-0.05, 0) is 44.9 Å². The van der Waals surface area contributed by atoms with Gasteiger partial charge in [-0.1, -0.05) is 6.92 Å². The Morgan fingerprint density at radius 2 is 2.14 bits per heavy atom. The van der Waals surface area contributed by atoms with Crippen LogP contribution >= 0.6 is 0 Å². The summed E-state index contributed by atoms with van der Waals surface area (Å²) in [6.45, 7) is 10.1. The molecule has 0 aliphatic carbocycles. The average molecular weight is 295 g/mol. The van der Waals surface area contributed by atoms with Gasteiger partial charge in [0.15, 0.2) is 0 Å². The van der Waals surface area contributed by atoms with Crippen molar-refractivity contribution >= 4 is 6.09 Å². The number of aromatic nitrogens is 1. The number of nitrogens with one attached hydrogen (secondary N) is 1. The lowest BCUT2D eigenvalue weighted by Crippen LogP contribution is -2.38. The minimum atomic E-state index is -0.444. The minimum absolute atomic E-state index is 0.266. The first kappa shape index (κ1) is 17.6. The summed E-state index contributed by atoms with van der Waals surface area (Å²) in [5.74, 6) is 0.367. The fraction of sp³-hybridized carbons (Fsp3) is 0.688. The largest absolute Gasteiger partial charge is 0.444 e. The predicted molar refractivity (Wildman–Crippen MR) is 85.1 cm³/mol. The number of amides is 1. The molecule has 0 aromatic carbocycles. The van der Waals surface area contributed by atoms with Crippen LogP contribution < -0.4 is 5.32 Å². The van der Waals surface area contributed by atoms with E-state index in [-0.39, 0.29) is 6.09 Å². The first-order valence-corrected chi connectivity index (χ1v) is 7.43. The van der Waals surface area contributed by atoms with Crippen molar-refractivity contribution in [2.45, 2.75) is 39.8 Å². The molecule has 120 valence electrons. The number of hydrogen-bond acceptors (Lipinski definition) is 3. The quantitative estimate of drug-likeness (QED) is 0.877. The van der Waals surface area contributed by atoms with Crippen LogP contribution in [-0.4, -0.2) is 41.3 Å². The molecule has 0 saturated carbocycles. The summed E-state index contributed by atoms with van der Waals surface area (Å²) in [6.07, 6.45) is 3.87. The molecule has 1 heterocycles. The first-order chi connectivity index (χ1) is 9.67. The number of rotatable bonds is 6. The smallest absolute Gasteiger partial charge is 0.410 e. The van der Waals surface area contributed by atoms with Crippen molar-refractivity contribution < 1.29 is 9.53 Å². The van der Waals surface area contributed by atoms with Crippen LogP contribution in [0, 0.1) is 5.92 Å². The van der Waals surface area contributed by atoms with Gasteiger partial charge in [0.2, 0.25) is 0 Å². The maximum absolute atomic E-state index is 11.9. The number of aryl methyl sites for hydroxylation is 1. The van der Waals surface area contributed by atoms with Gasteiger partial charge in [0, 0.05) is 39.6 Å². The molecule has 1 aromatic heterocycles. The average Bonchev–Trinajstić information content (AvgIpc) is 2.72. The predicted octanol–water partition coefficient (Wildman–Crippen LogP) is 2.62. The lowest BCUT2D eigenvalue weighted by molar-refractivity contribution is 0.0277. The van der Waals surface area contributed by atoms with Crippen LogP contribution in [0.1, 0.15) is 33.3 Å².